The topological polar surface area (TPSA) is 84.6 Å². The molecule has 0 aromatic rings. The van der Waals surface area contributed by atoms with Crippen molar-refractivity contribution in [1.82, 2.24) is 5.32 Å². The van der Waals surface area contributed by atoms with E-state index in [4.69, 9.17) is 5.11 Å². The van der Waals surface area contributed by atoms with E-state index in [-0.39, 0.29) is 13.3 Å². The predicted molar refractivity (Wildman–Crippen MR) is 25.8 cm³/mol. The summed E-state index contributed by atoms with van der Waals surface area (Å²) >= 11 is 0. The van der Waals surface area contributed by atoms with Crippen LogP contribution in [0.1, 0.15) is 0 Å². The molecule has 0 radical (unpaired) electrons. The van der Waals surface area contributed by atoms with E-state index >= 15 is 0 Å². The number of aliphatic carboxylic acids is 1. The zero-order valence-electron chi connectivity index (χ0n) is 4.26. The predicted octanol–water partition coefficient (Wildman–Crippen LogP) is -1.49. The van der Waals surface area contributed by atoms with Crippen LogP contribution in [0, 0.1) is 0 Å². The normalized spacial score (nSPS) is 9.12. The Balaban J connectivity index is 2.82. The SMILES string of the molecule is NOCNCC(=O)O. The van der Waals surface area contributed by atoms with Gasteiger partial charge in [-0.3, -0.25) is 14.9 Å². The smallest absolute Gasteiger partial charge is 0.317 e. The molecule has 0 saturated carbocycles. The Morgan fingerprint density at radius 3 is 2.88 bits per heavy atom. The zero-order valence-corrected chi connectivity index (χ0v) is 4.26. The van der Waals surface area contributed by atoms with Crippen molar-refractivity contribution in [3.05, 3.63) is 0 Å². The summed E-state index contributed by atoms with van der Waals surface area (Å²) in [5, 5.41) is 10.4. The van der Waals surface area contributed by atoms with Gasteiger partial charge in [-0.2, -0.15) is 0 Å². The van der Waals surface area contributed by atoms with E-state index in [1.54, 1.807) is 0 Å². The van der Waals surface area contributed by atoms with Gasteiger partial charge in [0.15, 0.2) is 0 Å². The van der Waals surface area contributed by atoms with Gasteiger partial charge < -0.3 is 5.11 Å². The van der Waals surface area contributed by atoms with Gasteiger partial charge in [-0.25, -0.2) is 5.90 Å². The van der Waals surface area contributed by atoms with Crippen LogP contribution < -0.4 is 11.2 Å². The fraction of sp³-hybridized carbons (Fsp3) is 0.667. The Hall–Kier alpha value is -0.650. The molecule has 0 aliphatic carbocycles. The largest absolute Gasteiger partial charge is 0.480 e. The van der Waals surface area contributed by atoms with E-state index in [0.29, 0.717) is 0 Å². The summed E-state index contributed by atoms with van der Waals surface area (Å²) in [6.07, 6.45) is 0. The monoisotopic (exact) mass is 120 g/mol. The van der Waals surface area contributed by atoms with Crippen LogP contribution in [0.3, 0.4) is 0 Å². The van der Waals surface area contributed by atoms with Gasteiger partial charge in [0.05, 0.1) is 6.54 Å². The van der Waals surface area contributed by atoms with Crippen LogP contribution in [0.4, 0.5) is 0 Å². The summed E-state index contributed by atoms with van der Waals surface area (Å²) in [7, 11) is 0. The molecule has 0 rings (SSSR count). The second-order valence-corrected chi connectivity index (χ2v) is 1.13. The van der Waals surface area contributed by atoms with Crippen molar-refractivity contribution >= 4 is 5.97 Å². The van der Waals surface area contributed by atoms with Crippen molar-refractivity contribution in [3.63, 3.8) is 0 Å². The standard InChI is InChI=1S/C3H8N2O3/c4-8-2-5-1-3(6)7/h5H,1-2,4H2,(H,6,7). The van der Waals surface area contributed by atoms with Crippen molar-refractivity contribution in [1.29, 1.82) is 0 Å². The quantitative estimate of drug-likeness (QED) is 0.239. The highest BCUT2D eigenvalue weighted by atomic mass is 16.6. The lowest BCUT2D eigenvalue weighted by atomic mass is 10.7. The Labute approximate surface area is 46.4 Å². The van der Waals surface area contributed by atoms with Gasteiger partial charge in [0.25, 0.3) is 0 Å². The molecule has 0 fully saturated rings. The number of carboxylic acid groups (broad SMARTS) is 1. The van der Waals surface area contributed by atoms with Gasteiger partial charge in [-0.1, -0.05) is 0 Å². The first-order chi connectivity index (χ1) is 3.77. The molecule has 4 N–H and O–H groups in total. The van der Waals surface area contributed by atoms with E-state index in [1.165, 1.54) is 0 Å². The van der Waals surface area contributed by atoms with Crippen LogP contribution in [0.2, 0.25) is 0 Å². The maximum atomic E-state index is 9.72. The van der Waals surface area contributed by atoms with E-state index < -0.39 is 5.97 Å². The maximum absolute atomic E-state index is 9.72. The van der Waals surface area contributed by atoms with Gasteiger partial charge in [-0.05, 0) is 0 Å². The maximum Gasteiger partial charge on any atom is 0.317 e. The van der Waals surface area contributed by atoms with Crippen LogP contribution in [-0.2, 0) is 9.63 Å². The summed E-state index contributed by atoms with van der Waals surface area (Å²) in [5.74, 6) is 3.63. The van der Waals surface area contributed by atoms with E-state index in [1.807, 2.05) is 0 Å². The highest BCUT2D eigenvalue weighted by molar-refractivity contribution is 5.68. The molecule has 0 atom stereocenters. The number of carbonyl (C=O) groups is 1. The molecule has 0 spiro atoms. The van der Waals surface area contributed by atoms with Gasteiger partial charge in [0, 0.05) is 0 Å². The molecular formula is C3H8N2O3. The average Bonchev–Trinajstić information content (AvgIpc) is 1.66. The van der Waals surface area contributed by atoms with Crippen LogP contribution in [-0.4, -0.2) is 24.4 Å². The summed E-state index contributed by atoms with van der Waals surface area (Å²) in [4.78, 5) is 13.7. The minimum Gasteiger partial charge on any atom is -0.480 e. The molecular weight excluding hydrogens is 112 g/mol. The summed E-state index contributed by atoms with van der Waals surface area (Å²) < 4.78 is 0. The zero-order chi connectivity index (χ0) is 6.41. The molecule has 5 heteroatoms. The number of nitrogens with one attached hydrogen (secondary N) is 1. The van der Waals surface area contributed by atoms with E-state index in [2.05, 4.69) is 16.1 Å². The Morgan fingerprint density at radius 2 is 2.50 bits per heavy atom. The third-order valence-corrected chi connectivity index (χ3v) is 0.462. The van der Waals surface area contributed by atoms with Crippen molar-refractivity contribution in [2.45, 2.75) is 0 Å². The summed E-state index contributed by atoms with van der Waals surface area (Å²) in [6.45, 7) is -0.0660. The van der Waals surface area contributed by atoms with Crippen molar-refractivity contribution in [2.75, 3.05) is 13.3 Å². The Kier molecular flexibility index (Phi) is 4.14. The third-order valence-electron chi connectivity index (χ3n) is 0.462. The molecule has 5 nitrogen and oxygen atoms in total. The van der Waals surface area contributed by atoms with Gasteiger partial charge in [0.2, 0.25) is 0 Å². The first-order valence-electron chi connectivity index (χ1n) is 2.01. The molecule has 0 bridgehead atoms. The van der Waals surface area contributed by atoms with Crippen molar-refractivity contribution in [3.8, 4) is 0 Å². The minimum atomic E-state index is -0.929. The number of nitrogens with two attached hydrogens (primary N) is 1. The number of rotatable bonds is 4. The minimum absolute atomic E-state index is 0.0618. The van der Waals surface area contributed by atoms with Crippen LogP contribution >= 0.6 is 0 Å². The second-order valence-electron chi connectivity index (χ2n) is 1.13. The molecule has 0 saturated heterocycles. The number of hydrogen-bond donors (Lipinski definition) is 3. The fourth-order valence-corrected chi connectivity index (χ4v) is 0.217. The molecule has 0 aromatic carbocycles. The van der Waals surface area contributed by atoms with Crippen molar-refractivity contribution < 1.29 is 14.7 Å². The first kappa shape index (κ1) is 7.35. The number of hydrogen-bond acceptors (Lipinski definition) is 4. The molecule has 48 valence electrons. The molecule has 0 aliphatic heterocycles. The van der Waals surface area contributed by atoms with E-state index in [0.717, 1.165) is 0 Å². The second kappa shape index (κ2) is 4.51. The highest BCUT2D eigenvalue weighted by Crippen LogP contribution is 1.58. The Bertz CT molecular complexity index is 74.9. The van der Waals surface area contributed by atoms with Crippen LogP contribution in [0.5, 0.6) is 0 Å². The van der Waals surface area contributed by atoms with Gasteiger partial charge in [0.1, 0.15) is 6.73 Å². The van der Waals surface area contributed by atoms with Crippen molar-refractivity contribution in [2.24, 2.45) is 5.90 Å². The molecule has 0 unspecified atom stereocenters. The van der Waals surface area contributed by atoms with Crippen LogP contribution in [0.25, 0.3) is 0 Å². The number of carboxylic acids is 1. The molecule has 0 aromatic heterocycles. The van der Waals surface area contributed by atoms with Gasteiger partial charge >= 0.3 is 5.97 Å². The Morgan fingerprint density at radius 1 is 1.88 bits per heavy atom. The lowest BCUT2D eigenvalue weighted by Crippen LogP contribution is -2.26. The molecule has 0 amide bonds. The third kappa shape index (κ3) is 5.35. The first-order valence-corrected chi connectivity index (χ1v) is 2.01. The summed E-state index contributed by atoms with van der Waals surface area (Å²) in [5.41, 5.74) is 0. The fourth-order valence-electron chi connectivity index (χ4n) is 0.217. The van der Waals surface area contributed by atoms with Crippen LogP contribution in [0.15, 0.2) is 0 Å². The molecule has 8 heavy (non-hydrogen) atoms. The highest BCUT2D eigenvalue weighted by Gasteiger charge is 1.91. The molecule has 0 aliphatic rings. The van der Waals surface area contributed by atoms with E-state index in [9.17, 15) is 4.79 Å². The average molecular weight is 120 g/mol. The van der Waals surface area contributed by atoms with Gasteiger partial charge in [-0.15, -0.1) is 0 Å². The molecule has 0 heterocycles. The lowest BCUT2D eigenvalue weighted by Gasteiger charge is -1.95. The lowest BCUT2D eigenvalue weighted by molar-refractivity contribution is -0.136. The summed E-state index contributed by atoms with van der Waals surface area (Å²) in [6, 6.07) is 0.